The Morgan fingerprint density at radius 3 is 2.43 bits per heavy atom. The summed E-state index contributed by atoms with van der Waals surface area (Å²) in [5.74, 6) is -1.15. The Morgan fingerprint density at radius 1 is 1.33 bits per heavy atom. The lowest BCUT2D eigenvalue weighted by Crippen LogP contribution is -2.37. The molecule has 1 aliphatic rings. The number of benzene rings is 1. The molecular formula is C15H17NO4S. The molecule has 0 spiro atoms. The van der Waals surface area contributed by atoms with Crippen LogP contribution < -0.4 is 0 Å². The number of thioether (sulfide) groups is 1. The standard InChI is InChI=1S/C15H17NO4S/c1-9(2)16-13(17)8-12(15(16)20)21-11-5-3-10(4-6-11)7-14(18)19/h3-6,9,12H,7-8H2,1-2H3,(H,18,19). The van der Waals surface area contributed by atoms with Crippen molar-refractivity contribution in [2.75, 3.05) is 0 Å². The minimum absolute atomic E-state index is 0.0209. The molecule has 5 nitrogen and oxygen atoms in total. The van der Waals surface area contributed by atoms with Crippen LogP contribution in [0.15, 0.2) is 29.2 Å². The fourth-order valence-electron chi connectivity index (χ4n) is 2.28. The highest BCUT2D eigenvalue weighted by molar-refractivity contribution is 8.00. The second-order valence-electron chi connectivity index (χ2n) is 5.22. The van der Waals surface area contributed by atoms with Crippen molar-refractivity contribution in [3.63, 3.8) is 0 Å². The van der Waals surface area contributed by atoms with Crippen molar-refractivity contribution in [1.29, 1.82) is 0 Å². The van der Waals surface area contributed by atoms with Crippen LogP contribution in [0, 0.1) is 0 Å². The first-order chi connectivity index (χ1) is 9.88. The van der Waals surface area contributed by atoms with E-state index < -0.39 is 5.97 Å². The van der Waals surface area contributed by atoms with Crippen molar-refractivity contribution in [2.24, 2.45) is 0 Å². The third-order valence-electron chi connectivity index (χ3n) is 3.22. The van der Waals surface area contributed by atoms with Gasteiger partial charge in [0.2, 0.25) is 11.8 Å². The number of rotatable bonds is 5. The van der Waals surface area contributed by atoms with E-state index in [0.29, 0.717) is 5.56 Å². The number of hydrogen-bond donors (Lipinski definition) is 1. The van der Waals surface area contributed by atoms with Crippen LogP contribution in [-0.2, 0) is 20.8 Å². The molecule has 0 saturated carbocycles. The Morgan fingerprint density at radius 2 is 1.95 bits per heavy atom. The third-order valence-corrected chi connectivity index (χ3v) is 4.41. The number of likely N-dealkylation sites (tertiary alicyclic amines) is 1. The molecule has 0 aliphatic carbocycles. The van der Waals surface area contributed by atoms with Gasteiger partial charge in [0, 0.05) is 17.4 Å². The summed E-state index contributed by atoms with van der Waals surface area (Å²) in [6.45, 7) is 3.65. The molecule has 112 valence electrons. The van der Waals surface area contributed by atoms with Gasteiger partial charge in [-0.1, -0.05) is 12.1 Å². The summed E-state index contributed by atoms with van der Waals surface area (Å²) in [5.41, 5.74) is 0.712. The molecule has 1 aromatic carbocycles. The molecule has 1 aliphatic heterocycles. The minimum Gasteiger partial charge on any atom is -0.481 e. The van der Waals surface area contributed by atoms with Crippen LogP contribution in [0.3, 0.4) is 0 Å². The maximum Gasteiger partial charge on any atom is 0.307 e. The van der Waals surface area contributed by atoms with Crippen molar-refractivity contribution in [3.8, 4) is 0 Å². The highest BCUT2D eigenvalue weighted by atomic mass is 32.2. The van der Waals surface area contributed by atoms with Gasteiger partial charge in [0.25, 0.3) is 0 Å². The summed E-state index contributed by atoms with van der Waals surface area (Å²) in [6.07, 6.45) is 0.200. The normalized spacial score (nSPS) is 18.6. The van der Waals surface area contributed by atoms with E-state index in [2.05, 4.69) is 0 Å². The van der Waals surface area contributed by atoms with Gasteiger partial charge in [-0.15, -0.1) is 11.8 Å². The van der Waals surface area contributed by atoms with Gasteiger partial charge in [-0.3, -0.25) is 19.3 Å². The average Bonchev–Trinajstić information content (AvgIpc) is 2.66. The monoisotopic (exact) mass is 307 g/mol. The highest BCUT2D eigenvalue weighted by Crippen LogP contribution is 2.32. The van der Waals surface area contributed by atoms with Crippen LogP contribution in [0.2, 0.25) is 0 Å². The maximum absolute atomic E-state index is 12.2. The molecule has 1 fully saturated rings. The molecule has 1 saturated heterocycles. The molecule has 6 heteroatoms. The van der Waals surface area contributed by atoms with Crippen LogP contribution in [0.5, 0.6) is 0 Å². The van der Waals surface area contributed by atoms with E-state index >= 15 is 0 Å². The summed E-state index contributed by atoms with van der Waals surface area (Å²) >= 11 is 1.35. The molecule has 21 heavy (non-hydrogen) atoms. The van der Waals surface area contributed by atoms with Crippen molar-refractivity contribution >= 4 is 29.5 Å². The number of amides is 2. The molecular weight excluding hydrogens is 290 g/mol. The van der Waals surface area contributed by atoms with Crippen LogP contribution in [-0.4, -0.2) is 39.1 Å². The SMILES string of the molecule is CC(C)N1C(=O)CC(Sc2ccc(CC(=O)O)cc2)C1=O. The summed E-state index contributed by atoms with van der Waals surface area (Å²) in [6, 6.07) is 6.93. The summed E-state index contributed by atoms with van der Waals surface area (Å²) in [5, 5.41) is 8.33. The summed E-state index contributed by atoms with van der Waals surface area (Å²) in [7, 11) is 0. The van der Waals surface area contributed by atoms with E-state index in [9.17, 15) is 14.4 Å². The van der Waals surface area contributed by atoms with Crippen LogP contribution >= 0.6 is 11.8 Å². The molecule has 1 atom stereocenters. The number of carboxylic acid groups (broad SMARTS) is 1. The Kier molecular flexibility index (Phi) is 4.67. The second kappa shape index (κ2) is 6.30. The smallest absolute Gasteiger partial charge is 0.307 e. The van der Waals surface area contributed by atoms with Gasteiger partial charge in [0.15, 0.2) is 0 Å². The largest absolute Gasteiger partial charge is 0.481 e. The van der Waals surface area contributed by atoms with Gasteiger partial charge in [-0.05, 0) is 31.5 Å². The molecule has 0 bridgehead atoms. The van der Waals surface area contributed by atoms with E-state index in [-0.39, 0.29) is 35.9 Å². The lowest BCUT2D eigenvalue weighted by molar-refractivity contribution is -0.140. The van der Waals surface area contributed by atoms with Crippen molar-refractivity contribution in [3.05, 3.63) is 29.8 Å². The Hall–Kier alpha value is -1.82. The number of carboxylic acids is 1. The topological polar surface area (TPSA) is 74.7 Å². The Bertz CT molecular complexity index is 568. The summed E-state index contributed by atoms with van der Waals surface area (Å²) < 4.78 is 0. The number of carbonyl (C=O) groups excluding carboxylic acids is 2. The van der Waals surface area contributed by atoms with Gasteiger partial charge < -0.3 is 5.11 Å². The number of hydrogen-bond acceptors (Lipinski definition) is 4. The van der Waals surface area contributed by atoms with Crippen LogP contribution in [0.25, 0.3) is 0 Å². The zero-order valence-corrected chi connectivity index (χ0v) is 12.7. The van der Waals surface area contributed by atoms with E-state index in [1.165, 1.54) is 16.7 Å². The quantitative estimate of drug-likeness (QED) is 0.842. The Labute approximate surface area is 127 Å². The van der Waals surface area contributed by atoms with Crippen molar-refractivity contribution in [2.45, 2.75) is 42.9 Å². The summed E-state index contributed by atoms with van der Waals surface area (Å²) in [4.78, 5) is 36.8. The lowest BCUT2D eigenvalue weighted by atomic mass is 10.2. The molecule has 1 N–H and O–H groups in total. The highest BCUT2D eigenvalue weighted by Gasteiger charge is 2.40. The molecule has 1 unspecified atom stereocenters. The zero-order chi connectivity index (χ0) is 15.6. The van der Waals surface area contributed by atoms with Gasteiger partial charge in [-0.25, -0.2) is 0 Å². The first-order valence-electron chi connectivity index (χ1n) is 6.71. The van der Waals surface area contributed by atoms with E-state index in [0.717, 1.165) is 4.90 Å². The van der Waals surface area contributed by atoms with Crippen molar-refractivity contribution < 1.29 is 19.5 Å². The predicted octanol–water partition coefficient (Wildman–Crippen LogP) is 1.94. The first-order valence-corrected chi connectivity index (χ1v) is 7.59. The Balaban J connectivity index is 2.04. The van der Waals surface area contributed by atoms with E-state index in [4.69, 9.17) is 5.11 Å². The molecule has 2 amide bonds. The molecule has 0 aromatic heterocycles. The van der Waals surface area contributed by atoms with Crippen molar-refractivity contribution in [1.82, 2.24) is 4.90 Å². The maximum atomic E-state index is 12.2. The van der Waals surface area contributed by atoms with Gasteiger partial charge in [0.05, 0.1) is 11.7 Å². The molecule has 0 radical (unpaired) electrons. The van der Waals surface area contributed by atoms with Gasteiger partial charge >= 0.3 is 5.97 Å². The number of aliphatic carboxylic acids is 1. The molecule has 2 rings (SSSR count). The molecule has 1 aromatic rings. The van der Waals surface area contributed by atoms with Crippen LogP contribution in [0.1, 0.15) is 25.8 Å². The number of nitrogens with zero attached hydrogens (tertiary/aromatic N) is 1. The predicted molar refractivity (Wildman–Crippen MR) is 79.0 cm³/mol. The average molecular weight is 307 g/mol. The van der Waals surface area contributed by atoms with Gasteiger partial charge in [0.1, 0.15) is 0 Å². The fraction of sp³-hybridized carbons (Fsp3) is 0.400. The van der Waals surface area contributed by atoms with Gasteiger partial charge in [-0.2, -0.15) is 0 Å². The third kappa shape index (κ3) is 3.64. The first kappa shape index (κ1) is 15.6. The number of carbonyl (C=O) groups is 3. The minimum atomic E-state index is -0.875. The number of imide groups is 1. The fourth-order valence-corrected chi connectivity index (χ4v) is 3.34. The van der Waals surface area contributed by atoms with E-state index in [1.807, 2.05) is 13.8 Å². The van der Waals surface area contributed by atoms with E-state index in [1.54, 1.807) is 24.3 Å². The second-order valence-corrected chi connectivity index (χ2v) is 6.50. The zero-order valence-electron chi connectivity index (χ0n) is 11.9. The molecule has 1 heterocycles. The van der Waals surface area contributed by atoms with Crippen LogP contribution in [0.4, 0.5) is 0 Å². The lowest BCUT2D eigenvalue weighted by Gasteiger charge is -2.18.